The number of benzene rings is 2. The van der Waals surface area contributed by atoms with Gasteiger partial charge in [0.25, 0.3) is 0 Å². The van der Waals surface area contributed by atoms with Gasteiger partial charge in [0.15, 0.2) is 17.3 Å². The third-order valence-electron chi connectivity index (χ3n) is 4.82. The van der Waals surface area contributed by atoms with Crippen LogP contribution >= 0.6 is 11.8 Å². The summed E-state index contributed by atoms with van der Waals surface area (Å²) in [6.07, 6.45) is -0.765. The van der Waals surface area contributed by atoms with Crippen molar-refractivity contribution < 1.29 is 22.7 Å². The largest absolute Gasteiger partial charge is 0.447 e. The highest BCUT2D eigenvalue weighted by Gasteiger charge is 2.37. The number of nitrogens with zero attached hydrogens (tertiary/aromatic N) is 4. The topological polar surface area (TPSA) is 68.2 Å². The molecule has 1 aromatic heterocycles. The van der Waals surface area contributed by atoms with Crippen molar-refractivity contribution in [3.8, 4) is 17.1 Å². The van der Waals surface area contributed by atoms with Crippen LogP contribution in [0.15, 0.2) is 41.6 Å². The molecule has 1 amide bonds. The number of ether oxygens (including phenoxy) is 1. The summed E-state index contributed by atoms with van der Waals surface area (Å²) in [5.41, 5.74) is 0.371. The van der Waals surface area contributed by atoms with Crippen LogP contribution in [-0.2, 0) is 4.79 Å². The maximum Gasteiger partial charge on any atom is 0.247 e. The van der Waals surface area contributed by atoms with Gasteiger partial charge < -0.3 is 4.74 Å². The second-order valence-electron chi connectivity index (χ2n) is 6.97. The minimum Gasteiger partial charge on any atom is -0.447 e. The van der Waals surface area contributed by atoms with Gasteiger partial charge in [-0.15, -0.1) is 10.2 Å². The Morgan fingerprint density at radius 1 is 1.16 bits per heavy atom. The van der Waals surface area contributed by atoms with E-state index in [-0.39, 0.29) is 34.8 Å². The zero-order valence-electron chi connectivity index (χ0n) is 17.3. The van der Waals surface area contributed by atoms with E-state index in [1.807, 2.05) is 13.8 Å². The number of aromatic nitrogens is 3. The zero-order chi connectivity index (χ0) is 22.8. The molecular weight excluding hydrogens is 441 g/mol. The first-order valence-corrected chi connectivity index (χ1v) is 11.0. The maximum absolute atomic E-state index is 14.9. The minimum absolute atomic E-state index is 0.0525. The van der Waals surface area contributed by atoms with E-state index in [4.69, 9.17) is 4.74 Å². The fourth-order valence-corrected chi connectivity index (χ4v) is 3.95. The van der Waals surface area contributed by atoms with E-state index < -0.39 is 29.6 Å². The molecule has 1 aliphatic heterocycles. The second-order valence-corrected chi connectivity index (χ2v) is 8.20. The van der Waals surface area contributed by atoms with Crippen molar-refractivity contribution >= 4 is 23.4 Å². The molecule has 0 spiro atoms. The number of hydrogen-bond donors (Lipinski definition) is 0. The molecule has 2 aromatic carbocycles. The summed E-state index contributed by atoms with van der Waals surface area (Å²) in [7, 11) is 0. The fourth-order valence-electron chi connectivity index (χ4n) is 3.45. The van der Waals surface area contributed by atoms with Gasteiger partial charge in [0.05, 0.1) is 11.3 Å². The van der Waals surface area contributed by atoms with Crippen LogP contribution in [0.25, 0.3) is 11.3 Å². The van der Waals surface area contributed by atoms with E-state index in [9.17, 15) is 18.0 Å². The number of rotatable bonds is 5. The van der Waals surface area contributed by atoms with Crippen LogP contribution in [0.2, 0.25) is 0 Å². The van der Waals surface area contributed by atoms with Gasteiger partial charge in [-0.3, -0.25) is 9.69 Å². The number of halogens is 3. The normalized spacial score (nSPS) is 14.9. The predicted molar refractivity (Wildman–Crippen MR) is 114 cm³/mol. The molecule has 6 nitrogen and oxygen atoms in total. The molecule has 0 N–H and O–H groups in total. The number of anilines is 1. The summed E-state index contributed by atoms with van der Waals surface area (Å²) in [6.45, 7) is 3.72. The Hall–Kier alpha value is -3.14. The molecule has 0 saturated heterocycles. The Labute approximate surface area is 186 Å². The molecule has 1 aliphatic rings. The van der Waals surface area contributed by atoms with Gasteiger partial charge >= 0.3 is 0 Å². The SMILES string of the molecule is CCCC(=O)N1c2ccc(F)cc2-c2nnc(SCC)nc2OC1c1cccc(F)c1F. The summed E-state index contributed by atoms with van der Waals surface area (Å²) in [4.78, 5) is 18.7. The van der Waals surface area contributed by atoms with Crippen molar-refractivity contribution in [2.24, 2.45) is 0 Å². The molecule has 1 unspecified atom stereocenters. The molecule has 2 heterocycles. The zero-order valence-corrected chi connectivity index (χ0v) is 18.1. The van der Waals surface area contributed by atoms with Crippen molar-refractivity contribution in [1.29, 1.82) is 0 Å². The Bertz CT molecular complexity index is 1180. The van der Waals surface area contributed by atoms with Crippen LogP contribution in [0.5, 0.6) is 5.88 Å². The number of carbonyl (C=O) groups is 1. The average Bonchev–Trinajstić information content (AvgIpc) is 2.90. The highest BCUT2D eigenvalue weighted by molar-refractivity contribution is 7.99. The van der Waals surface area contributed by atoms with Gasteiger partial charge in [0.2, 0.25) is 23.2 Å². The Morgan fingerprint density at radius 3 is 2.72 bits per heavy atom. The van der Waals surface area contributed by atoms with Crippen LogP contribution in [0.4, 0.5) is 18.9 Å². The molecule has 0 radical (unpaired) electrons. The lowest BCUT2D eigenvalue weighted by Crippen LogP contribution is -2.38. The molecule has 1 atom stereocenters. The van der Waals surface area contributed by atoms with Crippen LogP contribution in [0.3, 0.4) is 0 Å². The van der Waals surface area contributed by atoms with E-state index in [1.54, 1.807) is 0 Å². The molecular formula is C22H19F3N4O2S. The van der Waals surface area contributed by atoms with Crippen molar-refractivity contribution in [2.75, 3.05) is 10.7 Å². The van der Waals surface area contributed by atoms with Crippen molar-refractivity contribution in [1.82, 2.24) is 15.2 Å². The van der Waals surface area contributed by atoms with E-state index in [0.717, 1.165) is 6.07 Å². The quantitative estimate of drug-likeness (QED) is 0.482. The van der Waals surface area contributed by atoms with Gasteiger partial charge in [-0.25, -0.2) is 13.2 Å². The Kier molecular flexibility index (Phi) is 6.31. The molecule has 0 bridgehead atoms. The third kappa shape index (κ3) is 4.02. The highest BCUT2D eigenvalue weighted by Crippen LogP contribution is 2.44. The molecule has 3 aromatic rings. The summed E-state index contributed by atoms with van der Waals surface area (Å²) in [5.74, 6) is -2.60. The van der Waals surface area contributed by atoms with Crippen LogP contribution < -0.4 is 9.64 Å². The Balaban J connectivity index is 2.00. The summed E-state index contributed by atoms with van der Waals surface area (Å²) < 4.78 is 49.2. The van der Waals surface area contributed by atoms with Crippen molar-refractivity contribution in [3.63, 3.8) is 0 Å². The van der Waals surface area contributed by atoms with Gasteiger partial charge in [-0.1, -0.05) is 37.7 Å². The first-order valence-electron chi connectivity index (χ1n) is 10.0. The lowest BCUT2D eigenvalue weighted by Gasteiger charge is -2.31. The number of amides is 1. The average molecular weight is 460 g/mol. The first-order chi connectivity index (χ1) is 15.4. The van der Waals surface area contributed by atoms with Gasteiger partial charge in [0.1, 0.15) is 5.82 Å². The number of hydrogen-bond acceptors (Lipinski definition) is 6. The van der Waals surface area contributed by atoms with Gasteiger partial charge in [-0.2, -0.15) is 4.98 Å². The molecule has 0 saturated carbocycles. The lowest BCUT2D eigenvalue weighted by atomic mass is 10.1. The molecule has 10 heteroatoms. The van der Waals surface area contributed by atoms with Crippen molar-refractivity contribution in [3.05, 3.63) is 59.4 Å². The molecule has 4 rings (SSSR count). The molecule has 0 fully saturated rings. The number of fused-ring (bicyclic) bond motifs is 3. The predicted octanol–water partition coefficient (Wildman–Crippen LogP) is 5.29. The van der Waals surface area contributed by atoms with E-state index in [0.29, 0.717) is 17.3 Å². The highest BCUT2D eigenvalue weighted by atomic mass is 32.2. The lowest BCUT2D eigenvalue weighted by molar-refractivity contribution is -0.120. The number of carbonyl (C=O) groups excluding carboxylic acids is 1. The number of thioether (sulfide) groups is 1. The monoisotopic (exact) mass is 460 g/mol. The second kappa shape index (κ2) is 9.15. The standard InChI is InChI=1S/C22H19F3N4O2S/c1-3-6-17(30)29-16-10-9-12(23)11-14(16)19-20(26-22(28-27-19)32-4-2)31-21(29)13-7-5-8-15(24)18(13)25/h5,7-11,21H,3-4,6H2,1-2H3. The molecule has 0 aliphatic carbocycles. The van der Waals surface area contributed by atoms with Crippen LogP contribution in [0, 0.1) is 17.5 Å². The van der Waals surface area contributed by atoms with Crippen LogP contribution in [-0.4, -0.2) is 26.8 Å². The summed E-state index contributed by atoms with van der Waals surface area (Å²) in [6, 6.07) is 7.39. The summed E-state index contributed by atoms with van der Waals surface area (Å²) in [5, 5.41) is 8.51. The Morgan fingerprint density at radius 2 is 1.97 bits per heavy atom. The fraction of sp³-hybridized carbons (Fsp3) is 0.273. The van der Waals surface area contributed by atoms with Crippen molar-refractivity contribution in [2.45, 2.75) is 38.1 Å². The van der Waals surface area contributed by atoms with Gasteiger partial charge in [0, 0.05) is 12.0 Å². The third-order valence-corrected chi connectivity index (χ3v) is 5.54. The first kappa shape index (κ1) is 22.1. The van der Waals surface area contributed by atoms with E-state index in [2.05, 4.69) is 15.2 Å². The molecule has 166 valence electrons. The van der Waals surface area contributed by atoms with Crippen LogP contribution in [0.1, 0.15) is 38.5 Å². The van der Waals surface area contributed by atoms with Gasteiger partial charge in [-0.05, 0) is 36.4 Å². The smallest absolute Gasteiger partial charge is 0.247 e. The maximum atomic E-state index is 14.9. The van der Waals surface area contributed by atoms with E-state index >= 15 is 0 Å². The summed E-state index contributed by atoms with van der Waals surface area (Å²) >= 11 is 1.30. The minimum atomic E-state index is -1.38. The molecule has 32 heavy (non-hydrogen) atoms. The van der Waals surface area contributed by atoms with E-state index in [1.165, 1.54) is 47.0 Å².